The van der Waals surface area contributed by atoms with E-state index in [1.807, 2.05) is 0 Å². The van der Waals surface area contributed by atoms with Crippen LogP contribution in [0.25, 0.3) is 0 Å². The number of rotatable bonds is 9. The Kier molecular flexibility index (Phi) is 7.24. The Balaban J connectivity index is 2.35. The molecule has 0 aliphatic rings. The summed E-state index contributed by atoms with van der Waals surface area (Å²) >= 11 is 0. The van der Waals surface area contributed by atoms with Crippen molar-refractivity contribution in [1.29, 1.82) is 0 Å². The van der Waals surface area contributed by atoms with Crippen molar-refractivity contribution >= 4 is 11.6 Å². The van der Waals surface area contributed by atoms with Gasteiger partial charge in [0.1, 0.15) is 0 Å². The maximum atomic E-state index is 12.8. The van der Waals surface area contributed by atoms with E-state index in [1.54, 1.807) is 12.1 Å². The number of carbonyl (C=O) groups is 1. The lowest BCUT2D eigenvalue weighted by molar-refractivity contribution is 0.0950. The predicted molar refractivity (Wildman–Crippen MR) is 108 cm³/mol. The van der Waals surface area contributed by atoms with Crippen LogP contribution < -0.4 is 39.5 Å². The largest absolute Gasteiger partial charge is 0.493 e. The quantitative estimate of drug-likeness (QED) is 0.610. The van der Waals surface area contributed by atoms with Crippen LogP contribution in [-0.4, -0.2) is 48.6 Å². The number of benzene rings is 2. The highest BCUT2D eigenvalue weighted by molar-refractivity contribution is 6.01. The van der Waals surface area contributed by atoms with Gasteiger partial charge in [0.15, 0.2) is 23.0 Å². The predicted octanol–water partition coefficient (Wildman–Crippen LogP) is 2.25. The number of amides is 1. The highest BCUT2D eigenvalue weighted by Gasteiger charge is 2.23. The molecule has 0 saturated heterocycles. The molecule has 0 saturated carbocycles. The molecule has 3 N–H and O–H groups in total. The van der Waals surface area contributed by atoms with Gasteiger partial charge in [-0.05, 0) is 18.2 Å². The minimum Gasteiger partial charge on any atom is -0.493 e. The maximum Gasteiger partial charge on any atom is 0.253 e. The summed E-state index contributed by atoms with van der Waals surface area (Å²) in [7, 11) is 8.92. The van der Waals surface area contributed by atoms with E-state index < -0.39 is 5.91 Å². The first kappa shape index (κ1) is 21.8. The molecule has 0 bridgehead atoms. The summed E-state index contributed by atoms with van der Waals surface area (Å²) in [5, 5.41) is 2.81. The van der Waals surface area contributed by atoms with Gasteiger partial charge in [-0.1, -0.05) is 0 Å². The van der Waals surface area contributed by atoms with Crippen molar-refractivity contribution in [3.05, 3.63) is 29.3 Å². The van der Waals surface area contributed by atoms with Gasteiger partial charge in [0.05, 0.1) is 53.9 Å². The van der Waals surface area contributed by atoms with E-state index in [0.717, 1.165) is 0 Å². The zero-order valence-corrected chi connectivity index (χ0v) is 17.4. The molecule has 0 atom stereocenters. The van der Waals surface area contributed by atoms with Gasteiger partial charge in [0, 0.05) is 12.1 Å². The van der Waals surface area contributed by atoms with Crippen LogP contribution in [0.4, 0.5) is 5.69 Å². The van der Waals surface area contributed by atoms with Crippen LogP contribution in [0.3, 0.4) is 0 Å². The van der Waals surface area contributed by atoms with Gasteiger partial charge >= 0.3 is 0 Å². The monoisotopic (exact) mass is 406 g/mol. The number of nitrogens with one attached hydrogen (secondary N) is 1. The molecule has 2 aromatic rings. The molecular formula is C20H26N2O7. The normalized spacial score (nSPS) is 10.1. The maximum absolute atomic E-state index is 12.8. The number of hydrogen-bond acceptors (Lipinski definition) is 8. The van der Waals surface area contributed by atoms with Crippen LogP contribution in [0.15, 0.2) is 18.2 Å². The summed E-state index contributed by atoms with van der Waals surface area (Å²) in [4.78, 5) is 12.8. The molecule has 0 heterocycles. The summed E-state index contributed by atoms with van der Waals surface area (Å²) in [6.07, 6.45) is 0. The first-order chi connectivity index (χ1) is 14.0. The standard InChI is InChI=1S/C20H26N2O7/c1-24-13-8-7-11(16(26-3)17(13)27-4)10-22-20(23)12-9-14(25-2)18(28-5)19(29-6)15(12)21/h7-9H,10,21H2,1-6H3,(H,22,23). The molecular weight excluding hydrogens is 380 g/mol. The first-order valence-corrected chi connectivity index (χ1v) is 8.61. The van der Waals surface area contributed by atoms with E-state index in [-0.39, 0.29) is 23.5 Å². The Labute approximate surface area is 169 Å². The van der Waals surface area contributed by atoms with Crippen LogP contribution in [0, 0.1) is 0 Å². The van der Waals surface area contributed by atoms with E-state index in [4.69, 9.17) is 34.2 Å². The lowest BCUT2D eigenvalue weighted by Crippen LogP contribution is -2.24. The molecule has 2 aromatic carbocycles. The number of anilines is 1. The number of methoxy groups -OCH3 is 6. The fraction of sp³-hybridized carbons (Fsp3) is 0.350. The zero-order valence-electron chi connectivity index (χ0n) is 17.4. The highest BCUT2D eigenvalue weighted by Crippen LogP contribution is 2.44. The van der Waals surface area contributed by atoms with Crippen molar-refractivity contribution in [2.45, 2.75) is 6.54 Å². The Bertz CT molecular complexity index is 884. The van der Waals surface area contributed by atoms with Crippen molar-refractivity contribution in [3.63, 3.8) is 0 Å². The fourth-order valence-electron chi connectivity index (χ4n) is 2.94. The number of carbonyl (C=O) groups excluding carboxylic acids is 1. The average Bonchev–Trinajstić information content (AvgIpc) is 2.75. The summed E-state index contributed by atoms with van der Waals surface area (Å²) in [6.45, 7) is 0.165. The van der Waals surface area contributed by atoms with Gasteiger partial charge < -0.3 is 39.5 Å². The van der Waals surface area contributed by atoms with E-state index in [2.05, 4.69) is 5.32 Å². The summed E-state index contributed by atoms with van der Waals surface area (Å²) in [5.41, 5.74) is 7.15. The lowest BCUT2D eigenvalue weighted by Gasteiger charge is -2.18. The molecule has 0 fully saturated rings. The molecule has 0 unspecified atom stereocenters. The Morgan fingerprint density at radius 1 is 0.793 bits per heavy atom. The Morgan fingerprint density at radius 2 is 1.34 bits per heavy atom. The molecule has 0 radical (unpaired) electrons. The van der Waals surface area contributed by atoms with Crippen LogP contribution in [0.2, 0.25) is 0 Å². The highest BCUT2D eigenvalue weighted by atomic mass is 16.5. The Morgan fingerprint density at radius 3 is 1.86 bits per heavy atom. The van der Waals surface area contributed by atoms with Gasteiger partial charge in [-0.3, -0.25) is 4.79 Å². The van der Waals surface area contributed by atoms with Crippen LogP contribution in [0.1, 0.15) is 15.9 Å². The van der Waals surface area contributed by atoms with E-state index >= 15 is 0 Å². The molecule has 29 heavy (non-hydrogen) atoms. The third-order valence-corrected chi connectivity index (χ3v) is 4.34. The Hall–Kier alpha value is -3.49. The van der Waals surface area contributed by atoms with Gasteiger partial charge in [-0.25, -0.2) is 0 Å². The van der Waals surface area contributed by atoms with E-state index in [0.29, 0.717) is 34.3 Å². The number of nitrogen functional groups attached to an aromatic ring is 1. The van der Waals surface area contributed by atoms with Gasteiger partial charge in [0.2, 0.25) is 11.5 Å². The van der Waals surface area contributed by atoms with Crippen molar-refractivity contribution in [2.75, 3.05) is 48.4 Å². The number of nitrogens with two attached hydrogens (primary N) is 1. The smallest absolute Gasteiger partial charge is 0.253 e. The molecule has 9 heteroatoms. The van der Waals surface area contributed by atoms with E-state index in [9.17, 15) is 4.79 Å². The SMILES string of the molecule is COc1ccc(CNC(=O)c2cc(OC)c(OC)c(OC)c2N)c(OC)c1OC. The van der Waals surface area contributed by atoms with Crippen molar-refractivity contribution in [3.8, 4) is 34.5 Å². The van der Waals surface area contributed by atoms with Gasteiger partial charge in [-0.2, -0.15) is 0 Å². The molecule has 9 nitrogen and oxygen atoms in total. The first-order valence-electron chi connectivity index (χ1n) is 8.61. The van der Waals surface area contributed by atoms with Gasteiger partial charge in [0.25, 0.3) is 5.91 Å². The number of ether oxygens (including phenoxy) is 6. The molecule has 1 amide bonds. The third-order valence-electron chi connectivity index (χ3n) is 4.34. The van der Waals surface area contributed by atoms with Crippen LogP contribution >= 0.6 is 0 Å². The van der Waals surface area contributed by atoms with Crippen LogP contribution in [-0.2, 0) is 6.54 Å². The summed E-state index contributed by atoms with van der Waals surface area (Å²) < 4.78 is 31.9. The summed E-state index contributed by atoms with van der Waals surface area (Å²) in [6, 6.07) is 5.01. The van der Waals surface area contributed by atoms with Crippen molar-refractivity contribution in [1.82, 2.24) is 5.32 Å². The fourth-order valence-corrected chi connectivity index (χ4v) is 2.94. The zero-order chi connectivity index (χ0) is 21.6. The molecule has 0 spiro atoms. The van der Waals surface area contributed by atoms with Crippen molar-refractivity contribution in [2.24, 2.45) is 0 Å². The third kappa shape index (κ3) is 4.18. The topological polar surface area (TPSA) is 111 Å². The van der Waals surface area contributed by atoms with Gasteiger partial charge in [-0.15, -0.1) is 0 Å². The van der Waals surface area contributed by atoms with Crippen molar-refractivity contribution < 1.29 is 33.2 Å². The second-order valence-electron chi connectivity index (χ2n) is 5.78. The average molecular weight is 406 g/mol. The second kappa shape index (κ2) is 9.63. The lowest BCUT2D eigenvalue weighted by atomic mass is 10.1. The minimum absolute atomic E-state index is 0.141. The molecule has 2 rings (SSSR count). The van der Waals surface area contributed by atoms with Crippen LogP contribution in [0.5, 0.6) is 34.5 Å². The molecule has 0 aromatic heterocycles. The molecule has 0 aliphatic carbocycles. The molecule has 0 aliphatic heterocycles. The van der Waals surface area contributed by atoms with E-state index in [1.165, 1.54) is 48.7 Å². The summed E-state index contributed by atoms with van der Waals surface area (Å²) in [5.74, 6) is 1.87. The second-order valence-corrected chi connectivity index (χ2v) is 5.78. The molecule has 158 valence electrons. The minimum atomic E-state index is -0.418. The number of hydrogen-bond donors (Lipinski definition) is 2.